The lowest BCUT2D eigenvalue weighted by atomic mass is 9.94. The van der Waals surface area contributed by atoms with Crippen LogP contribution in [0.4, 0.5) is 0 Å². The topological polar surface area (TPSA) is 33.2 Å². The Morgan fingerprint density at radius 2 is 2.36 bits per heavy atom. The molecule has 0 aliphatic carbocycles. The monoisotopic (exact) mass is 190 g/mol. The standard InChI is InChI=1S/C11H14N2O/c1-8(14)11-5-10-6-12-4-3-9(10)7-13(11)2/h3-4,6,11H,5,7H2,1-2H3. The van der Waals surface area contributed by atoms with E-state index in [9.17, 15) is 4.79 Å². The van der Waals surface area contributed by atoms with E-state index in [-0.39, 0.29) is 11.8 Å². The van der Waals surface area contributed by atoms with Crippen molar-refractivity contribution in [2.24, 2.45) is 0 Å². The Morgan fingerprint density at radius 3 is 3.07 bits per heavy atom. The van der Waals surface area contributed by atoms with Crippen LogP contribution in [-0.2, 0) is 17.8 Å². The van der Waals surface area contributed by atoms with Gasteiger partial charge in [-0.3, -0.25) is 14.7 Å². The largest absolute Gasteiger partial charge is 0.298 e. The minimum atomic E-state index is 0.0340. The molecule has 1 aromatic heterocycles. The lowest BCUT2D eigenvalue weighted by molar-refractivity contribution is -0.122. The van der Waals surface area contributed by atoms with Crippen molar-refractivity contribution < 1.29 is 4.79 Å². The van der Waals surface area contributed by atoms with Crippen molar-refractivity contribution in [3.05, 3.63) is 29.6 Å². The Labute approximate surface area is 83.8 Å². The fraction of sp³-hybridized carbons (Fsp3) is 0.455. The van der Waals surface area contributed by atoms with Crippen LogP contribution in [0.5, 0.6) is 0 Å². The predicted molar refractivity (Wildman–Crippen MR) is 53.9 cm³/mol. The van der Waals surface area contributed by atoms with E-state index in [0.717, 1.165) is 13.0 Å². The smallest absolute Gasteiger partial charge is 0.147 e. The quantitative estimate of drug-likeness (QED) is 0.663. The molecule has 0 saturated carbocycles. The van der Waals surface area contributed by atoms with E-state index in [1.54, 1.807) is 13.1 Å². The second kappa shape index (κ2) is 3.50. The zero-order valence-electron chi connectivity index (χ0n) is 8.53. The molecule has 1 aliphatic heterocycles. The number of pyridine rings is 1. The summed E-state index contributed by atoms with van der Waals surface area (Å²) in [6.07, 6.45) is 4.48. The Hall–Kier alpha value is -1.22. The van der Waals surface area contributed by atoms with Gasteiger partial charge in [0.1, 0.15) is 5.78 Å². The minimum absolute atomic E-state index is 0.0340. The Balaban J connectivity index is 2.31. The second-order valence-electron chi connectivity index (χ2n) is 3.89. The predicted octanol–water partition coefficient (Wildman–Crippen LogP) is 1.03. The van der Waals surface area contributed by atoms with Crippen LogP contribution >= 0.6 is 0 Å². The third-order valence-corrected chi connectivity index (χ3v) is 2.84. The molecule has 3 heteroatoms. The Kier molecular flexibility index (Phi) is 2.33. The highest BCUT2D eigenvalue weighted by molar-refractivity contribution is 5.82. The maximum Gasteiger partial charge on any atom is 0.147 e. The molecule has 1 aliphatic rings. The average molecular weight is 190 g/mol. The highest BCUT2D eigenvalue weighted by atomic mass is 16.1. The summed E-state index contributed by atoms with van der Waals surface area (Å²) in [7, 11) is 2.00. The van der Waals surface area contributed by atoms with Crippen molar-refractivity contribution in [2.45, 2.75) is 25.9 Å². The number of Topliss-reactive ketones (excluding diaryl/α,β-unsaturated/α-hetero) is 1. The van der Waals surface area contributed by atoms with Gasteiger partial charge in [-0.05, 0) is 37.6 Å². The fourth-order valence-electron chi connectivity index (χ4n) is 1.99. The number of likely N-dealkylation sites (N-methyl/N-ethyl adjacent to an activating group) is 1. The normalized spacial score (nSPS) is 21.7. The van der Waals surface area contributed by atoms with Crippen LogP contribution in [0.1, 0.15) is 18.1 Å². The van der Waals surface area contributed by atoms with Crippen molar-refractivity contribution in [1.29, 1.82) is 0 Å². The highest BCUT2D eigenvalue weighted by Crippen LogP contribution is 2.21. The lowest BCUT2D eigenvalue weighted by Crippen LogP contribution is -2.42. The lowest BCUT2D eigenvalue weighted by Gasteiger charge is -2.31. The summed E-state index contributed by atoms with van der Waals surface area (Å²) in [6, 6.07) is 2.06. The van der Waals surface area contributed by atoms with Crippen LogP contribution in [0, 0.1) is 0 Å². The van der Waals surface area contributed by atoms with E-state index in [0.29, 0.717) is 0 Å². The van der Waals surface area contributed by atoms with Crippen LogP contribution in [0.3, 0.4) is 0 Å². The summed E-state index contributed by atoms with van der Waals surface area (Å²) in [5.41, 5.74) is 2.51. The van der Waals surface area contributed by atoms with E-state index in [4.69, 9.17) is 0 Å². The van der Waals surface area contributed by atoms with Crippen LogP contribution < -0.4 is 0 Å². The molecule has 74 valence electrons. The van der Waals surface area contributed by atoms with Crippen LogP contribution in [0.15, 0.2) is 18.5 Å². The molecular formula is C11H14N2O. The number of nitrogens with zero attached hydrogens (tertiary/aromatic N) is 2. The number of hydrogen-bond acceptors (Lipinski definition) is 3. The first kappa shape index (κ1) is 9.34. The van der Waals surface area contributed by atoms with Gasteiger partial charge < -0.3 is 0 Å². The van der Waals surface area contributed by atoms with Crippen LogP contribution in [0.2, 0.25) is 0 Å². The van der Waals surface area contributed by atoms with Crippen molar-refractivity contribution in [1.82, 2.24) is 9.88 Å². The molecule has 14 heavy (non-hydrogen) atoms. The molecule has 3 nitrogen and oxygen atoms in total. The van der Waals surface area contributed by atoms with Crippen LogP contribution in [0.25, 0.3) is 0 Å². The molecular weight excluding hydrogens is 176 g/mol. The van der Waals surface area contributed by atoms with E-state index in [2.05, 4.69) is 9.88 Å². The number of carbonyl (C=O) groups excluding carboxylic acids is 1. The van der Waals surface area contributed by atoms with Gasteiger partial charge in [-0.15, -0.1) is 0 Å². The maximum absolute atomic E-state index is 11.4. The SMILES string of the molecule is CC(=O)C1Cc2cnccc2CN1C. The number of hydrogen-bond donors (Lipinski definition) is 0. The molecule has 2 heterocycles. The van der Waals surface area contributed by atoms with Gasteiger partial charge in [0.05, 0.1) is 6.04 Å². The highest BCUT2D eigenvalue weighted by Gasteiger charge is 2.26. The summed E-state index contributed by atoms with van der Waals surface area (Å²) >= 11 is 0. The Bertz CT molecular complexity index is 362. The summed E-state index contributed by atoms with van der Waals surface area (Å²) in [6.45, 7) is 2.50. The molecule has 0 amide bonds. The van der Waals surface area contributed by atoms with Crippen molar-refractivity contribution in [3.8, 4) is 0 Å². The van der Waals surface area contributed by atoms with E-state index in [1.807, 2.05) is 19.3 Å². The summed E-state index contributed by atoms with van der Waals surface area (Å²) < 4.78 is 0. The van der Waals surface area contributed by atoms with E-state index < -0.39 is 0 Å². The number of aromatic nitrogens is 1. The first-order valence-electron chi connectivity index (χ1n) is 4.81. The van der Waals surface area contributed by atoms with Gasteiger partial charge in [-0.2, -0.15) is 0 Å². The molecule has 0 fully saturated rings. The first-order valence-corrected chi connectivity index (χ1v) is 4.81. The molecule has 2 rings (SSSR count). The van der Waals surface area contributed by atoms with Gasteiger partial charge in [-0.25, -0.2) is 0 Å². The molecule has 0 aromatic carbocycles. The van der Waals surface area contributed by atoms with Gasteiger partial charge in [0.2, 0.25) is 0 Å². The molecule has 0 N–H and O–H groups in total. The average Bonchev–Trinajstić information content (AvgIpc) is 2.16. The van der Waals surface area contributed by atoms with E-state index in [1.165, 1.54) is 11.1 Å². The molecule has 0 spiro atoms. The second-order valence-corrected chi connectivity index (χ2v) is 3.89. The zero-order valence-corrected chi connectivity index (χ0v) is 8.53. The molecule has 0 saturated heterocycles. The zero-order chi connectivity index (χ0) is 10.1. The first-order chi connectivity index (χ1) is 6.68. The third-order valence-electron chi connectivity index (χ3n) is 2.84. The fourth-order valence-corrected chi connectivity index (χ4v) is 1.99. The number of rotatable bonds is 1. The van der Waals surface area contributed by atoms with E-state index >= 15 is 0 Å². The van der Waals surface area contributed by atoms with Gasteiger partial charge >= 0.3 is 0 Å². The molecule has 0 radical (unpaired) electrons. The van der Waals surface area contributed by atoms with Gasteiger partial charge in [-0.1, -0.05) is 0 Å². The van der Waals surface area contributed by atoms with Gasteiger partial charge in [0, 0.05) is 18.9 Å². The minimum Gasteiger partial charge on any atom is -0.298 e. The van der Waals surface area contributed by atoms with Gasteiger partial charge in [0.25, 0.3) is 0 Å². The van der Waals surface area contributed by atoms with Crippen molar-refractivity contribution in [2.75, 3.05) is 7.05 Å². The van der Waals surface area contributed by atoms with Crippen LogP contribution in [-0.4, -0.2) is 28.8 Å². The van der Waals surface area contributed by atoms with Crippen molar-refractivity contribution in [3.63, 3.8) is 0 Å². The number of ketones is 1. The summed E-state index contributed by atoms with van der Waals surface area (Å²) in [5.74, 6) is 0.238. The number of carbonyl (C=O) groups is 1. The maximum atomic E-state index is 11.4. The summed E-state index contributed by atoms with van der Waals surface area (Å²) in [4.78, 5) is 17.5. The number of fused-ring (bicyclic) bond motifs is 1. The third kappa shape index (κ3) is 1.55. The van der Waals surface area contributed by atoms with Crippen molar-refractivity contribution >= 4 is 5.78 Å². The molecule has 1 atom stereocenters. The Morgan fingerprint density at radius 1 is 1.57 bits per heavy atom. The van der Waals surface area contributed by atoms with Gasteiger partial charge in [0.15, 0.2) is 0 Å². The summed E-state index contributed by atoms with van der Waals surface area (Å²) in [5, 5.41) is 0. The molecule has 1 unspecified atom stereocenters. The molecule has 1 aromatic rings. The molecule has 0 bridgehead atoms.